The summed E-state index contributed by atoms with van der Waals surface area (Å²) in [4.78, 5) is 0. The molecule has 0 fully saturated rings. The fraction of sp³-hybridized carbons (Fsp3) is 1.00. The van der Waals surface area contributed by atoms with Crippen LogP contribution in [0, 0.1) is 0 Å². The first-order valence-electron chi connectivity index (χ1n) is 2.61. The minimum Gasteiger partial charge on any atom is -0.366 e. The third-order valence-electron chi connectivity index (χ3n) is 0.665. The van der Waals surface area contributed by atoms with Crippen LogP contribution in [0.25, 0.3) is 0 Å². The molecular formula is C5H12I2NO+. The first kappa shape index (κ1) is 10.4. The molecule has 0 rings (SSSR count). The van der Waals surface area contributed by atoms with Crippen LogP contribution in [0.2, 0.25) is 0 Å². The van der Waals surface area contributed by atoms with E-state index in [9.17, 15) is 5.11 Å². The van der Waals surface area contributed by atoms with Gasteiger partial charge in [-0.25, -0.2) is 0 Å². The van der Waals surface area contributed by atoms with Crippen LogP contribution in [-0.4, -0.2) is 38.9 Å². The van der Waals surface area contributed by atoms with Crippen LogP contribution in [-0.2, 0) is 0 Å². The Morgan fingerprint density at radius 3 is 1.67 bits per heavy atom. The van der Waals surface area contributed by atoms with E-state index < -0.39 is 1.61 Å². The molecule has 0 radical (unpaired) electrons. The maximum absolute atomic E-state index is 9.31. The van der Waals surface area contributed by atoms with Crippen molar-refractivity contribution in [3.05, 3.63) is 0 Å². The first-order valence-corrected chi connectivity index (χ1v) is 4.77. The molecule has 56 valence electrons. The average Bonchev–Trinajstić information content (AvgIpc) is 1.14. The summed E-state index contributed by atoms with van der Waals surface area (Å²) in [5, 5.41) is 9.31. The number of alkyl halides is 2. The summed E-state index contributed by atoms with van der Waals surface area (Å²) in [5.41, 5.74) is 0. The lowest BCUT2D eigenvalue weighted by molar-refractivity contribution is -0.871. The lowest BCUT2D eigenvalue weighted by Gasteiger charge is -2.28. The first-order chi connectivity index (χ1) is 3.71. The molecule has 0 amide bonds. The molecule has 0 heterocycles. The number of aliphatic hydroxyl groups is 1. The molecular weight excluding hydrogens is 344 g/mol. The van der Waals surface area contributed by atoms with E-state index in [0.29, 0.717) is 0 Å². The van der Waals surface area contributed by atoms with Crippen molar-refractivity contribution >= 4 is 45.2 Å². The number of hydrogen-bond acceptors (Lipinski definition) is 1. The quantitative estimate of drug-likeness (QED) is 0.448. The Kier molecular flexibility index (Phi) is 3.67. The highest BCUT2D eigenvalue weighted by Gasteiger charge is 2.25. The molecule has 0 aliphatic heterocycles. The maximum atomic E-state index is 9.31. The Bertz CT molecular complexity index is 80.1. The molecule has 4 heteroatoms. The predicted molar refractivity (Wildman–Crippen MR) is 55.9 cm³/mol. The van der Waals surface area contributed by atoms with Gasteiger partial charge in [-0.2, -0.15) is 0 Å². The van der Waals surface area contributed by atoms with Crippen molar-refractivity contribution in [2.75, 3.05) is 27.7 Å². The fourth-order valence-corrected chi connectivity index (χ4v) is 2.62. The van der Waals surface area contributed by atoms with Gasteiger partial charge in [0.1, 0.15) is 6.54 Å². The molecule has 0 aromatic carbocycles. The minimum atomic E-state index is -0.603. The van der Waals surface area contributed by atoms with E-state index >= 15 is 0 Å². The number of hydrogen-bond donors (Lipinski definition) is 1. The largest absolute Gasteiger partial charge is 0.366 e. The lowest BCUT2D eigenvalue weighted by atomic mass is 10.5. The van der Waals surface area contributed by atoms with Gasteiger partial charge in [0.05, 0.1) is 21.1 Å². The van der Waals surface area contributed by atoms with E-state index in [2.05, 4.69) is 21.1 Å². The van der Waals surface area contributed by atoms with Crippen LogP contribution in [0.5, 0.6) is 0 Å². The van der Waals surface area contributed by atoms with E-state index in [-0.39, 0.29) is 0 Å². The normalized spacial score (nSPS) is 14.0. The van der Waals surface area contributed by atoms with E-state index in [1.807, 2.05) is 45.2 Å². The number of quaternary nitrogens is 1. The zero-order chi connectivity index (χ0) is 7.71. The summed E-state index contributed by atoms with van der Waals surface area (Å²) in [6, 6.07) is 0. The molecule has 0 saturated heterocycles. The van der Waals surface area contributed by atoms with Gasteiger partial charge in [-0.05, 0) is 45.2 Å². The van der Waals surface area contributed by atoms with Crippen molar-refractivity contribution < 1.29 is 9.59 Å². The fourth-order valence-electron chi connectivity index (χ4n) is 0.571. The summed E-state index contributed by atoms with van der Waals surface area (Å²) >= 11 is 4.06. The van der Waals surface area contributed by atoms with Crippen molar-refractivity contribution in [2.45, 2.75) is 1.61 Å². The van der Waals surface area contributed by atoms with Gasteiger partial charge in [-0.1, -0.05) is 0 Å². The summed E-state index contributed by atoms with van der Waals surface area (Å²) in [7, 11) is 6.17. The van der Waals surface area contributed by atoms with Gasteiger partial charge in [0.2, 0.25) is 1.61 Å². The van der Waals surface area contributed by atoms with Gasteiger partial charge in [0, 0.05) is 0 Å². The highest BCUT2D eigenvalue weighted by Crippen LogP contribution is 2.25. The van der Waals surface area contributed by atoms with E-state index in [4.69, 9.17) is 0 Å². The number of likely N-dealkylation sites (N-methyl/N-ethyl adjacent to an activating group) is 1. The van der Waals surface area contributed by atoms with E-state index in [1.54, 1.807) is 0 Å². The smallest absolute Gasteiger partial charge is 0.216 e. The van der Waals surface area contributed by atoms with Crippen molar-refractivity contribution in [1.29, 1.82) is 0 Å². The van der Waals surface area contributed by atoms with Gasteiger partial charge < -0.3 is 9.59 Å². The monoisotopic (exact) mass is 356 g/mol. The predicted octanol–water partition coefficient (Wildman–Crippen LogP) is 1.21. The summed E-state index contributed by atoms with van der Waals surface area (Å²) < 4.78 is 0.191. The molecule has 0 atom stereocenters. The van der Waals surface area contributed by atoms with Crippen molar-refractivity contribution in [1.82, 2.24) is 0 Å². The Morgan fingerprint density at radius 1 is 1.33 bits per heavy atom. The molecule has 1 N–H and O–H groups in total. The number of rotatable bonds is 2. The molecule has 0 saturated carbocycles. The highest BCUT2D eigenvalue weighted by molar-refractivity contribution is 14.2. The second-order valence-electron chi connectivity index (χ2n) is 3.11. The molecule has 0 aliphatic rings. The third kappa shape index (κ3) is 9.38. The van der Waals surface area contributed by atoms with Gasteiger partial charge in [0.15, 0.2) is 0 Å². The maximum Gasteiger partial charge on any atom is 0.216 e. The zero-order valence-corrected chi connectivity index (χ0v) is 10.2. The summed E-state index contributed by atoms with van der Waals surface area (Å²) in [6.45, 7) is 0.758. The van der Waals surface area contributed by atoms with Crippen molar-refractivity contribution in [3.63, 3.8) is 0 Å². The van der Waals surface area contributed by atoms with E-state index in [0.717, 1.165) is 11.0 Å². The van der Waals surface area contributed by atoms with Crippen LogP contribution in [0.1, 0.15) is 0 Å². The minimum absolute atomic E-state index is 0.603. The van der Waals surface area contributed by atoms with Crippen molar-refractivity contribution in [2.24, 2.45) is 0 Å². The van der Waals surface area contributed by atoms with Crippen LogP contribution in [0.15, 0.2) is 0 Å². The zero-order valence-electron chi connectivity index (χ0n) is 5.86. The molecule has 0 spiro atoms. The Labute approximate surface area is 83.5 Å². The van der Waals surface area contributed by atoms with Crippen LogP contribution in [0.4, 0.5) is 0 Å². The third-order valence-corrected chi connectivity index (χ3v) is 1.35. The molecule has 0 unspecified atom stereocenters. The molecule has 9 heavy (non-hydrogen) atoms. The van der Waals surface area contributed by atoms with Crippen LogP contribution >= 0.6 is 45.2 Å². The van der Waals surface area contributed by atoms with Gasteiger partial charge >= 0.3 is 0 Å². The Balaban J connectivity index is 3.75. The number of halogens is 2. The van der Waals surface area contributed by atoms with Crippen molar-refractivity contribution in [3.8, 4) is 0 Å². The van der Waals surface area contributed by atoms with E-state index in [1.165, 1.54) is 0 Å². The topological polar surface area (TPSA) is 20.2 Å². The number of nitrogens with zero attached hydrogens (tertiary/aromatic N) is 1. The SMILES string of the molecule is C[N+](C)(C)CC(O)(I)I. The molecule has 0 aromatic heterocycles. The van der Waals surface area contributed by atoms with Crippen LogP contribution in [0.3, 0.4) is 0 Å². The van der Waals surface area contributed by atoms with Gasteiger partial charge in [-0.3, -0.25) is 0 Å². The summed E-state index contributed by atoms with van der Waals surface area (Å²) in [5.74, 6) is 0. The molecule has 0 aliphatic carbocycles. The second kappa shape index (κ2) is 3.19. The lowest BCUT2D eigenvalue weighted by Crippen LogP contribution is -2.43. The van der Waals surface area contributed by atoms with Gasteiger partial charge in [0.25, 0.3) is 0 Å². The van der Waals surface area contributed by atoms with Crippen LogP contribution < -0.4 is 0 Å². The summed E-state index contributed by atoms with van der Waals surface area (Å²) in [6.07, 6.45) is 0. The van der Waals surface area contributed by atoms with Gasteiger partial charge in [-0.15, -0.1) is 0 Å². The molecule has 0 aromatic rings. The molecule has 2 nitrogen and oxygen atoms in total. The Morgan fingerprint density at radius 2 is 1.67 bits per heavy atom. The standard InChI is InChI=1S/C5H12I2NO/c1-8(2,3)4-5(6,7)9/h9H,4H2,1-3H3/q+1. The molecule has 0 bridgehead atoms. The second-order valence-corrected chi connectivity index (χ2v) is 8.75. The highest BCUT2D eigenvalue weighted by atomic mass is 127. The average molecular weight is 356 g/mol. The Hall–Kier alpha value is 1.38.